The molecule has 2 aromatic rings. The molecule has 1 atom stereocenters. The summed E-state index contributed by atoms with van der Waals surface area (Å²) < 4.78 is 0. The van der Waals surface area contributed by atoms with Crippen molar-refractivity contribution in [3.8, 4) is 0 Å². The summed E-state index contributed by atoms with van der Waals surface area (Å²) in [4.78, 5) is 9.39. The Morgan fingerprint density at radius 3 is 3.00 bits per heavy atom. The van der Waals surface area contributed by atoms with Crippen LogP contribution in [-0.2, 0) is 6.42 Å². The molecule has 0 aliphatic carbocycles. The van der Waals surface area contributed by atoms with Gasteiger partial charge in [-0.25, -0.2) is 0 Å². The van der Waals surface area contributed by atoms with Gasteiger partial charge in [0.25, 0.3) is 0 Å². The van der Waals surface area contributed by atoms with Crippen LogP contribution >= 0.6 is 11.3 Å². The van der Waals surface area contributed by atoms with Crippen molar-refractivity contribution in [2.75, 3.05) is 0 Å². The van der Waals surface area contributed by atoms with Crippen LogP contribution < -0.4 is 0 Å². The lowest BCUT2D eigenvalue weighted by Gasteiger charge is -2.08. The molecule has 0 fully saturated rings. The number of hydrogen-bond acceptors (Lipinski definition) is 4. The first-order valence-electron chi connectivity index (χ1n) is 5.32. The minimum absolute atomic E-state index is 0.492. The molecule has 2 aromatic heterocycles. The number of nitrogens with zero attached hydrogens (tertiary/aromatic N) is 2. The molecule has 0 amide bonds. The normalized spacial score (nSPS) is 12.6. The Labute approximate surface area is 98.8 Å². The molecule has 0 bridgehead atoms. The second-order valence-corrected chi connectivity index (χ2v) is 4.65. The maximum atomic E-state index is 9.85. The van der Waals surface area contributed by atoms with Crippen LogP contribution in [0.15, 0.2) is 36.1 Å². The zero-order valence-corrected chi connectivity index (χ0v) is 9.73. The molecule has 3 nitrogen and oxygen atoms in total. The van der Waals surface area contributed by atoms with Crippen molar-refractivity contribution in [3.63, 3.8) is 0 Å². The third kappa shape index (κ3) is 3.12. The fourth-order valence-corrected chi connectivity index (χ4v) is 2.31. The molecule has 0 radical (unpaired) electrons. The lowest BCUT2D eigenvalue weighted by Crippen LogP contribution is -2.01. The molecule has 2 heterocycles. The molecule has 0 saturated carbocycles. The van der Waals surface area contributed by atoms with Crippen molar-refractivity contribution in [1.82, 2.24) is 9.97 Å². The molecule has 0 aliphatic rings. The molecule has 16 heavy (non-hydrogen) atoms. The number of hydrogen-bond donors (Lipinski definition) is 1. The van der Waals surface area contributed by atoms with E-state index in [9.17, 15) is 5.11 Å². The van der Waals surface area contributed by atoms with Gasteiger partial charge in [0.1, 0.15) is 0 Å². The SMILES string of the molecule is OC(CCCc1cccs1)c1cnccn1. The second-order valence-electron chi connectivity index (χ2n) is 3.62. The number of rotatable bonds is 5. The summed E-state index contributed by atoms with van der Waals surface area (Å²) in [6.07, 6.45) is 7.08. The van der Waals surface area contributed by atoms with Gasteiger partial charge in [0.15, 0.2) is 0 Å². The van der Waals surface area contributed by atoms with Gasteiger partial charge < -0.3 is 5.11 Å². The Morgan fingerprint density at radius 2 is 2.31 bits per heavy atom. The maximum Gasteiger partial charge on any atom is 0.0975 e. The predicted molar refractivity (Wildman–Crippen MR) is 64.2 cm³/mol. The molecule has 4 heteroatoms. The Morgan fingerprint density at radius 1 is 1.38 bits per heavy atom. The molecular weight excluding hydrogens is 220 g/mol. The molecule has 0 aliphatic heterocycles. The van der Waals surface area contributed by atoms with Crippen molar-refractivity contribution >= 4 is 11.3 Å². The van der Waals surface area contributed by atoms with Crippen LogP contribution in [0.25, 0.3) is 0 Å². The van der Waals surface area contributed by atoms with E-state index in [4.69, 9.17) is 0 Å². The Kier molecular flexibility index (Phi) is 4.02. The van der Waals surface area contributed by atoms with E-state index in [1.807, 2.05) is 0 Å². The van der Waals surface area contributed by atoms with Crippen LogP contribution in [0.3, 0.4) is 0 Å². The molecule has 0 saturated heterocycles. The average Bonchev–Trinajstić information content (AvgIpc) is 2.83. The van der Waals surface area contributed by atoms with E-state index in [1.54, 1.807) is 29.9 Å². The first-order chi connectivity index (χ1) is 7.86. The van der Waals surface area contributed by atoms with Gasteiger partial charge in [0, 0.05) is 17.3 Å². The van der Waals surface area contributed by atoms with Crippen LogP contribution in [0.2, 0.25) is 0 Å². The highest BCUT2D eigenvalue weighted by Crippen LogP contribution is 2.18. The molecule has 0 spiro atoms. The first-order valence-corrected chi connectivity index (χ1v) is 6.20. The van der Waals surface area contributed by atoms with Crippen LogP contribution in [0.1, 0.15) is 29.5 Å². The number of aliphatic hydroxyl groups is 1. The summed E-state index contributed by atoms with van der Waals surface area (Å²) in [5, 5.41) is 11.9. The Bertz CT molecular complexity index is 402. The van der Waals surface area contributed by atoms with E-state index in [1.165, 1.54) is 4.88 Å². The fourth-order valence-electron chi connectivity index (χ4n) is 1.56. The van der Waals surface area contributed by atoms with E-state index in [0.717, 1.165) is 19.3 Å². The van der Waals surface area contributed by atoms with Gasteiger partial charge in [-0.3, -0.25) is 9.97 Å². The predicted octanol–water partition coefficient (Wildman–Crippen LogP) is 2.59. The van der Waals surface area contributed by atoms with Crippen LogP contribution in [0.4, 0.5) is 0 Å². The standard InChI is InChI=1S/C12H14N2OS/c15-12(11-9-13-6-7-14-11)5-1-3-10-4-2-8-16-10/h2,4,6-9,12,15H,1,3,5H2. The monoisotopic (exact) mass is 234 g/mol. The highest BCUT2D eigenvalue weighted by molar-refractivity contribution is 7.09. The zero-order chi connectivity index (χ0) is 11.2. The van der Waals surface area contributed by atoms with Gasteiger partial charge in [0.05, 0.1) is 18.0 Å². The van der Waals surface area contributed by atoms with Crippen molar-refractivity contribution in [2.24, 2.45) is 0 Å². The molecule has 1 unspecified atom stereocenters. The van der Waals surface area contributed by atoms with Gasteiger partial charge in [-0.2, -0.15) is 0 Å². The lowest BCUT2D eigenvalue weighted by atomic mass is 10.1. The van der Waals surface area contributed by atoms with Gasteiger partial charge in [-0.15, -0.1) is 11.3 Å². The third-order valence-corrected chi connectivity index (χ3v) is 3.34. The Balaban J connectivity index is 1.78. The van der Waals surface area contributed by atoms with E-state index in [0.29, 0.717) is 5.69 Å². The van der Waals surface area contributed by atoms with E-state index in [-0.39, 0.29) is 0 Å². The van der Waals surface area contributed by atoms with Crippen molar-refractivity contribution in [2.45, 2.75) is 25.4 Å². The van der Waals surface area contributed by atoms with E-state index in [2.05, 4.69) is 27.5 Å². The summed E-state index contributed by atoms with van der Waals surface area (Å²) in [5.41, 5.74) is 0.661. The van der Waals surface area contributed by atoms with Gasteiger partial charge in [-0.05, 0) is 30.7 Å². The quantitative estimate of drug-likeness (QED) is 0.865. The molecular formula is C12H14N2OS. The summed E-state index contributed by atoms with van der Waals surface area (Å²) in [5.74, 6) is 0. The van der Waals surface area contributed by atoms with Crippen LogP contribution in [0.5, 0.6) is 0 Å². The first kappa shape index (κ1) is 11.2. The molecule has 0 aromatic carbocycles. The largest absolute Gasteiger partial charge is 0.387 e. The van der Waals surface area contributed by atoms with Crippen LogP contribution in [0, 0.1) is 0 Å². The highest BCUT2D eigenvalue weighted by atomic mass is 32.1. The second kappa shape index (κ2) is 5.72. The van der Waals surface area contributed by atoms with Gasteiger partial charge in [-0.1, -0.05) is 6.07 Å². The highest BCUT2D eigenvalue weighted by Gasteiger charge is 2.08. The van der Waals surface area contributed by atoms with E-state index >= 15 is 0 Å². The average molecular weight is 234 g/mol. The fraction of sp³-hybridized carbons (Fsp3) is 0.333. The lowest BCUT2D eigenvalue weighted by molar-refractivity contribution is 0.159. The molecule has 84 valence electrons. The molecule has 1 N–H and O–H groups in total. The maximum absolute atomic E-state index is 9.85. The van der Waals surface area contributed by atoms with E-state index < -0.39 is 6.10 Å². The number of aryl methyl sites for hydroxylation is 1. The third-order valence-electron chi connectivity index (χ3n) is 2.41. The van der Waals surface area contributed by atoms with Crippen molar-refractivity contribution in [1.29, 1.82) is 0 Å². The number of aliphatic hydroxyl groups excluding tert-OH is 1. The zero-order valence-electron chi connectivity index (χ0n) is 8.91. The van der Waals surface area contributed by atoms with Gasteiger partial charge in [0.2, 0.25) is 0 Å². The smallest absolute Gasteiger partial charge is 0.0975 e. The topological polar surface area (TPSA) is 46.0 Å². The summed E-state index contributed by atoms with van der Waals surface area (Å²) in [7, 11) is 0. The van der Waals surface area contributed by atoms with Gasteiger partial charge >= 0.3 is 0 Å². The summed E-state index contributed by atoms with van der Waals surface area (Å²) in [6.45, 7) is 0. The summed E-state index contributed by atoms with van der Waals surface area (Å²) in [6, 6.07) is 4.18. The summed E-state index contributed by atoms with van der Waals surface area (Å²) >= 11 is 1.76. The van der Waals surface area contributed by atoms with Crippen molar-refractivity contribution < 1.29 is 5.11 Å². The van der Waals surface area contributed by atoms with Crippen molar-refractivity contribution in [3.05, 3.63) is 46.7 Å². The van der Waals surface area contributed by atoms with Crippen LogP contribution in [-0.4, -0.2) is 15.1 Å². The minimum atomic E-state index is -0.492. The molecule has 2 rings (SSSR count). The number of aromatic nitrogens is 2. The Hall–Kier alpha value is -1.26. The number of thiophene rings is 1. The minimum Gasteiger partial charge on any atom is -0.387 e.